The van der Waals surface area contributed by atoms with Gasteiger partial charge in [-0.2, -0.15) is 0 Å². The minimum absolute atomic E-state index is 0.785. The fraction of sp³-hybridized carbons (Fsp3) is 0.750. The standard InChI is InChI=1S/C16H30O/c1-5-6-7-8-13-17-14-12-16(4)11-9-10-15(2)3/h10,12H,5-9,11,13-14H2,1-4H3. The fourth-order valence-corrected chi connectivity index (χ4v) is 1.61. The van der Waals surface area contributed by atoms with Crippen molar-refractivity contribution in [2.45, 2.75) is 66.2 Å². The molecule has 0 fully saturated rings. The summed E-state index contributed by atoms with van der Waals surface area (Å²) in [5.74, 6) is 0. The van der Waals surface area contributed by atoms with Crippen LogP contribution in [0.1, 0.15) is 66.2 Å². The van der Waals surface area contributed by atoms with Crippen molar-refractivity contribution in [2.24, 2.45) is 0 Å². The Morgan fingerprint density at radius 1 is 1.00 bits per heavy atom. The highest BCUT2D eigenvalue weighted by molar-refractivity contribution is 5.02. The average molecular weight is 238 g/mol. The van der Waals surface area contributed by atoms with E-state index in [-0.39, 0.29) is 0 Å². The van der Waals surface area contributed by atoms with Crippen LogP contribution >= 0.6 is 0 Å². The van der Waals surface area contributed by atoms with E-state index in [0.717, 1.165) is 26.1 Å². The summed E-state index contributed by atoms with van der Waals surface area (Å²) >= 11 is 0. The number of hydrogen-bond acceptors (Lipinski definition) is 1. The molecule has 1 nitrogen and oxygen atoms in total. The lowest BCUT2D eigenvalue weighted by atomic mass is 10.1. The van der Waals surface area contributed by atoms with Crippen LogP contribution < -0.4 is 0 Å². The molecule has 0 bridgehead atoms. The molecule has 0 aromatic heterocycles. The molecule has 17 heavy (non-hydrogen) atoms. The van der Waals surface area contributed by atoms with Crippen molar-refractivity contribution in [1.82, 2.24) is 0 Å². The summed E-state index contributed by atoms with van der Waals surface area (Å²) in [7, 11) is 0. The van der Waals surface area contributed by atoms with E-state index in [0.29, 0.717) is 0 Å². The van der Waals surface area contributed by atoms with Crippen LogP contribution in [0.15, 0.2) is 23.3 Å². The Labute approximate surface area is 108 Å². The molecule has 0 aliphatic heterocycles. The minimum Gasteiger partial charge on any atom is -0.377 e. The molecule has 0 aliphatic carbocycles. The zero-order valence-corrected chi connectivity index (χ0v) is 12.2. The predicted molar refractivity (Wildman–Crippen MR) is 77.4 cm³/mol. The molecule has 0 heterocycles. The van der Waals surface area contributed by atoms with E-state index in [2.05, 4.69) is 39.8 Å². The molecule has 0 rings (SSSR count). The van der Waals surface area contributed by atoms with Gasteiger partial charge in [-0.3, -0.25) is 0 Å². The van der Waals surface area contributed by atoms with E-state index in [1.54, 1.807) is 0 Å². The van der Waals surface area contributed by atoms with Gasteiger partial charge in [0, 0.05) is 6.61 Å². The van der Waals surface area contributed by atoms with Gasteiger partial charge in [0.05, 0.1) is 6.61 Å². The first-order valence-corrected chi connectivity index (χ1v) is 7.03. The van der Waals surface area contributed by atoms with Gasteiger partial charge in [0.1, 0.15) is 0 Å². The smallest absolute Gasteiger partial charge is 0.0649 e. The van der Waals surface area contributed by atoms with Crippen LogP contribution in [0.4, 0.5) is 0 Å². The zero-order chi connectivity index (χ0) is 12.9. The molecule has 100 valence electrons. The van der Waals surface area contributed by atoms with Gasteiger partial charge in [-0.15, -0.1) is 0 Å². The molecule has 0 aromatic carbocycles. The van der Waals surface area contributed by atoms with E-state index >= 15 is 0 Å². The Bertz CT molecular complexity index is 222. The summed E-state index contributed by atoms with van der Waals surface area (Å²) in [5, 5.41) is 0. The highest BCUT2D eigenvalue weighted by Crippen LogP contribution is 2.06. The Hall–Kier alpha value is -0.560. The molecule has 0 unspecified atom stereocenters. The van der Waals surface area contributed by atoms with Crippen molar-refractivity contribution in [2.75, 3.05) is 13.2 Å². The lowest BCUT2D eigenvalue weighted by molar-refractivity contribution is 0.156. The molecule has 0 amide bonds. The van der Waals surface area contributed by atoms with Crippen molar-refractivity contribution in [1.29, 1.82) is 0 Å². The topological polar surface area (TPSA) is 9.23 Å². The summed E-state index contributed by atoms with van der Waals surface area (Å²) in [6, 6.07) is 0. The number of allylic oxidation sites excluding steroid dienone is 3. The normalized spacial score (nSPS) is 11.6. The second-order valence-corrected chi connectivity index (χ2v) is 5.01. The molecule has 1 heteroatoms. The molecule has 0 saturated carbocycles. The molecule has 0 spiro atoms. The fourth-order valence-electron chi connectivity index (χ4n) is 1.61. The zero-order valence-electron chi connectivity index (χ0n) is 12.2. The third kappa shape index (κ3) is 13.4. The van der Waals surface area contributed by atoms with Gasteiger partial charge in [-0.05, 0) is 40.0 Å². The molecular weight excluding hydrogens is 208 g/mol. The van der Waals surface area contributed by atoms with Crippen LogP contribution in [0.3, 0.4) is 0 Å². The monoisotopic (exact) mass is 238 g/mol. The van der Waals surface area contributed by atoms with E-state index in [1.807, 2.05) is 0 Å². The van der Waals surface area contributed by atoms with E-state index in [4.69, 9.17) is 4.74 Å². The number of rotatable bonds is 10. The summed E-state index contributed by atoms with van der Waals surface area (Å²) in [5.41, 5.74) is 2.85. The van der Waals surface area contributed by atoms with Crippen molar-refractivity contribution >= 4 is 0 Å². The van der Waals surface area contributed by atoms with Crippen LogP contribution in [-0.2, 0) is 4.74 Å². The highest BCUT2D eigenvalue weighted by atomic mass is 16.5. The summed E-state index contributed by atoms with van der Waals surface area (Å²) in [6.07, 6.45) is 12.0. The number of hydrogen-bond donors (Lipinski definition) is 0. The summed E-state index contributed by atoms with van der Waals surface area (Å²) < 4.78 is 5.59. The van der Waals surface area contributed by atoms with E-state index in [1.165, 1.54) is 36.8 Å². The summed E-state index contributed by atoms with van der Waals surface area (Å²) in [6.45, 7) is 10.4. The van der Waals surface area contributed by atoms with Crippen molar-refractivity contribution in [3.05, 3.63) is 23.3 Å². The van der Waals surface area contributed by atoms with Crippen LogP contribution in [0.25, 0.3) is 0 Å². The van der Waals surface area contributed by atoms with Gasteiger partial charge in [0.15, 0.2) is 0 Å². The number of ether oxygens (including phenoxy) is 1. The third-order valence-electron chi connectivity index (χ3n) is 2.78. The Balaban J connectivity index is 3.40. The Kier molecular flexibility index (Phi) is 11.5. The third-order valence-corrected chi connectivity index (χ3v) is 2.78. The molecule has 0 saturated heterocycles. The van der Waals surface area contributed by atoms with Gasteiger partial charge >= 0.3 is 0 Å². The van der Waals surface area contributed by atoms with Gasteiger partial charge in [0.25, 0.3) is 0 Å². The van der Waals surface area contributed by atoms with Crippen molar-refractivity contribution in [3.63, 3.8) is 0 Å². The SMILES string of the molecule is CCCCCCOCC=C(C)CCC=C(C)C. The molecule has 0 aliphatic rings. The number of unbranched alkanes of at least 4 members (excludes halogenated alkanes) is 3. The molecule has 0 N–H and O–H groups in total. The maximum absolute atomic E-state index is 5.59. The van der Waals surface area contributed by atoms with Crippen LogP contribution in [0.2, 0.25) is 0 Å². The molecule has 0 aromatic rings. The van der Waals surface area contributed by atoms with E-state index in [9.17, 15) is 0 Å². The van der Waals surface area contributed by atoms with Gasteiger partial charge in [-0.1, -0.05) is 49.5 Å². The highest BCUT2D eigenvalue weighted by Gasteiger charge is 1.90. The van der Waals surface area contributed by atoms with Crippen LogP contribution in [0, 0.1) is 0 Å². The molecule has 0 radical (unpaired) electrons. The maximum atomic E-state index is 5.59. The van der Waals surface area contributed by atoms with Crippen molar-refractivity contribution < 1.29 is 4.74 Å². The second kappa shape index (κ2) is 11.9. The van der Waals surface area contributed by atoms with Gasteiger partial charge in [0.2, 0.25) is 0 Å². The lowest BCUT2D eigenvalue weighted by Gasteiger charge is -2.02. The maximum Gasteiger partial charge on any atom is 0.0649 e. The minimum atomic E-state index is 0.785. The predicted octanol–water partition coefficient (Wildman–Crippen LogP) is 5.28. The largest absolute Gasteiger partial charge is 0.377 e. The first kappa shape index (κ1) is 16.4. The van der Waals surface area contributed by atoms with Crippen LogP contribution in [0.5, 0.6) is 0 Å². The van der Waals surface area contributed by atoms with Crippen LogP contribution in [-0.4, -0.2) is 13.2 Å². The quantitative estimate of drug-likeness (QED) is 0.372. The van der Waals surface area contributed by atoms with E-state index < -0.39 is 0 Å². The Morgan fingerprint density at radius 2 is 1.76 bits per heavy atom. The first-order chi connectivity index (χ1) is 8.16. The molecule has 0 atom stereocenters. The summed E-state index contributed by atoms with van der Waals surface area (Å²) in [4.78, 5) is 0. The first-order valence-electron chi connectivity index (χ1n) is 7.03. The Morgan fingerprint density at radius 3 is 2.41 bits per heavy atom. The lowest BCUT2D eigenvalue weighted by Crippen LogP contribution is -1.95. The van der Waals surface area contributed by atoms with Crippen molar-refractivity contribution in [3.8, 4) is 0 Å². The molecular formula is C16H30O. The second-order valence-electron chi connectivity index (χ2n) is 5.01. The van der Waals surface area contributed by atoms with Gasteiger partial charge < -0.3 is 4.74 Å². The average Bonchev–Trinajstić information content (AvgIpc) is 2.27. The van der Waals surface area contributed by atoms with Gasteiger partial charge in [-0.25, -0.2) is 0 Å².